The first-order valence-corrected chi connectivity index (χ1v) is 9.17. The molecule has 2 heterocycles. The van der Waals surface area contributed by atoms with Gasteiger partial charge in [-0.1, -0.05) is 23.6 Å². The number of rotatable bonds is 3. The van der Waals surface area contributed by atoms with Gasteiger partial charge in [-0.2, -0.15) is 0 Å². The Hall–Kier alpha value is -2.42. The number of thioether (sulfide) groups is 1. The zero-order chi connectivity index (χ0) is 19.0. The Balaban J connectivity index is 2.05. The lowest BCUT2D eigenvalue weighted by Gasteiger charge is -2.13. The topological polar surface area (TPSA) is 42.3 Å². The SMILES string of the molecule is C#CCN1C(=O)S/C(=C/c2cc(C)n(-c3cc(Cl)ccc3C)c2C)C1=O. The Labute approximate surface area is 161 Å². The quantitative estimate of drug-likeness (QED) is 0.567. The standard InChI is InChI=1S/C20H17ClN2O2S/c1-5-8-22-19(24)18(26-20(22)25)10-15-9-13(3)23(14(15)4)17-11-16(21)7-6-12(17)2/h1,6-7,9-11H,8H2,2-4H3/b18-10+. The van der Waals surface area contributed by atoms with Crippen molar-refractivity contribution in [3.05, 3.63) is 56.7 Å². The Bertz CT molecular complexity index is 998. The molecule has 132 valence electrons. The van der Waals surface area contributed by atoms with Gasteiger partial charge < -0.3 is 4.57 Å². The van der Waals surface area contributed by atoms with Gasteiger partial charge in [0.25, 0.3) is 11.1 Å². The van der Waals surface area contributed by atoms with Crippen molar-refractivity contribution in [1.82, 2.24) is 9.47 Å². The number of hydrogen-bond donors (Lipinski definition) is 0. The van der Waals surface area contributed by atoms with E-state index in [0.29, 0.717) is 9.93 Å². The normalized spacial score (nSPS) is 15.8. The lowest BCUT2D eigenvalue weighted by molar-refractivity contribution is -0.122. The highest BCUT2D eigenvalue weighted by Crippen LogP contribution is 2.34. The van der Waals surface area contributed by atoms with Crippen LogP contribution in [0.4, 0.5) is 4.79 Å². The van der Waals surface area contributed by atoms with Gasteiger partial charge in [0, 0.05) is 22.1 Å². The molecule has 0 saturated carbocycles. The number of benzene rings is 1. The molecule has 0 unspecified atom stereocenters. The lowest BCUT2D eigenvalue weighted by Crippen LogP contribution is -2.28. The summed E-state index contributed by atoms with van der Waals surface area (Å²) in [4.78, 5) is 25.8. The third-order valence-electron chi connectivity index (χ3n) is 4.29. The van der Waals surface area contributed by atoms with E-state index in [1.807, 2.05) is 45.0 Å². The fraction of sp³-hybridized carbons (Fsp3) is 0.200. The molecule has 3 rings (SSSR count). The Morgan fingerprint density at radius 2 is 1.96 bits per heavy atom. The second-order valence-corrected chi connectivity index (χ2v) is 7.49. The molecule has 1 aromatic heterocycles. The van der Waals surface area contributed by atoms with Crippen LogP contribution in [0.25, 0.3) is 11.8 Å². The van der Waals surface area contributed by atoms with Crippen molar-refractivity contribution >= 4 is 40.6 Å². The molecule has 1 aromatic carbocycles. The van der Waals surface area contributed by atoms with Gasteiger partial charge in [0.1, 0.15) is 0 Å². The van der Waals surface area contributed by atoms with E-state index in [4.69, 9.17) is 18.0 Å². The number of aromatic nitrogens is 1. The predicted octanol–water partition coefficient (Wildman–Crippen LogP) is 4.73. The molecule has 4 nitrogen and oxygen atoms in total. The summed E-state index contributed by atoms with van der Waals surface area (Å²) in [6, 6.07) is 7.74. The molecule has 1 aliphatic heterocycles. The molecule has 0 bridgehead atoms. The molecule has 0 radical (unpaired) electrons. The number of terminal acetylenes is 1. The first-order chi connectivity index (χ1) is 12.3. The van der Waals surface area contributed by atoms with E-state index in [-0.39, 0.29) is 17.7 Å². The van der Waals surface area contributed by atoms with Crippen LogP contribution in [0.3, 0.4) is 0 Å². The van der Waals surface area contributed by atoms with Gasteiger partial charge in [0.2, 0.25) is 0 Å². The predicted molar refractivity (Wildman–Crippen MR) is 107 cm³/mol. The van der Waals surface area contributed by atoms with Gasteiger partial charge in [0.05, 0.1) is 11.4 Å². The molecule has 2 aromatic rings. The average Bonchev–Trinajstić information content (AvgIpc) is 3.01. The van der Waals surface area contributed by atoms with Crippen LogP contribution in [0.5, 0.6) is 0 Å². The molecule has 0 N–H and O–H groups in total. The summed E-state index contributed by atoms with van der Waals surface area (Å²) in [7, 11) is 0. The lowest BCUT2D eigenvalue weighted by atomic mass is 10.2. The molecular weight excluding hydrogens is 368 g/mol. The molecule has 0 atom stereocenters. The second kappa shape index (κ2) is 7.06. The largest absolute Gasteiger partial charge is 0.318 e. The van der Waals surface area contributed by atoms with Gasteiger partial charge in [-0.3, -0.25) is 14.5 Å². The Kier molecular flexibility index (Phi) is 4.99. The fourth-order valence-electron chi connectivity index (χ4n) is 3.00. The minimum absolute atomic E-state index is 0.0112. The number of imide groups is 1. The third kappa shape index (κ3) is 3.18. The summed E-state index contributed by atoms with van der Waals surface area (Å²) < 4.78 is 2.10. The molecule has 6 heteroatoms. The van der Waals surface area contributed by atoms with Gasteiger partial charge in [0.15, 0.2) is 0 Å². The minimum Gasteiger partial charge on any atom is -0.318 e. The number of hydrogen-bond acceptors (Lipinski definition) is 3. The van der Waals surface area contributed by atoms with Crippen LogP contribution in [0.2, 0.25) is 5.02 Å². The van der Waals surface area contributed by atoms with Crippen LogP contribution in [0, 0.1) is 33.1 Å². The molecular formula is C20H17ClN2O2S. The Morgan fingerprint density at radius 3 is 2.65 bits per heavy atom. The monoisotopic (exact) mass is 384 g/mol. The van der Waals surface area contributed by atoms with Crippen LogP contribution in [-0.4, -0.2) is 27.2 Å². The van der Waals surface area contributed by atoms with Crippen LogP contribution < -0.4 is 0 Å². The van der Waals surface area contributed by atoms with Gasteiger partial charge in [-0.25, -0.2) is 0 Å². The molecule has 0 aliphatic carbocycles. The van der Waals surface area contributed by atoms with Crippen molar-refractivity contribution in [2.24, 2.45) is 0 Å². The van der Waals surface area contributed by atoms with Crippen LogP contribution >= 0.6 is 23.4 Å². The smallest absolute Gasteiger partial charge is 0.294 e. The van der Waals surface area contributed by atoms with Crippen LogP contribution in [-0.2, 0) is 4.79 Å². The van der Waals surface area contributed by atoms with Crippen LogP contribution in [0.15, 0.2) is 29.2 Å². The first kappa shape index (κ1) is 18.4. The zero-order valence-electron chi connectivity index (χ0n) is 14.7. The zero-order valence-corrected chi connectivity index (χ0v) is 16.2. The van der Waals surface area contributed by atoms with Gasteiger partial charge in [-0.15, -0.1) is 6.42 Å². The maximum absolute atomic E-state index is 12.4. The summed E-state index contributed by atoms with van der Waals surface area (Å²) in [5, 5.41) is 0.328. The summed E-state index contributed by atoms with van der Waals surface area (Å²) in [6.07, 6.45) is 6.98. The molecule has 26 heavy (non-hydrogen) atoms. The second-order valence-electron chi connectivity index (χ2n) is 6.06. The van der Waals surface area contributed by atoms with Crippen molar-refractivity contribution in [3.8, 4) is 18.0 Å². The van der Waals surface area contributed by atoms with E-state index in [9.17, 15) is 9.59 Å². The summed E-state index contributed by atoms with van der Waals surface area (Å²) in [5.41, 5.74) is 4.95. The minimum atomic E-state index is -0.346. The molecule has 1 aliphatic rings. The van der Waals surface area contributed by atoms with E-state index in [0.717, 1.165) is 44.9 Å². The highest BCUT2D eigenvalue weighted by atomic mass is 35.5. The Morgan fingerprint density at radius 1 is 1.23 bits per heavy atom. The maximum Gasteiger partial charge on any atom is 0.294 e. The maximum atomic E-state index is 12.4. The highest BCUT2D eigenvalue weighted by molar-refractivity contribution is 8.18. The molecule has 1 saturated heterocycles. The van der Waals surface area contributed by atoms with E-state index in [1.165, 1.54) is 0 Å². The number of aryl methyl sites for hydroxylation is 2. The van der Waals surface area contributed by atoms with Crippen LogP contribution in [0.1, 0.15) is 22.5 Å². The van der Waals surface area contributed by atoms with E-state index >= 15 is 0 Å². The van der Waals surface area contributed by atoms with Crippen molar-refractivity contribution in [1.29, 1.82) is 0 Å². The average molecular weight is 385 g/mol. The highest BCUT2D eigenvalue weighted by Gasteiger charge is 2.34. The fourth-order valence-corrected chi connectivity index (χ4v) is 3.99. The number of carbonyl (C=O) groups is 2. The number of amides is 2. The van der Waals surface area contributed by atoms with Gasteiger partial charge in [-0.05, 0) is 67.9 Å². The number of halogens is 1. The van der Waals surface area contributed by atoms with Crippen molar-refractivity contribution in [3.63, 3.8) is 0 Å². The molecule has 0 spiro atoms. The van der Waals surface area contributed by atoms with Crippen molar-refractivity contribution in [2.45, 2.75) is 20.8 Å². The third-order valence-corrected chi connectivity index (χ3v) is 5.43. The van der Waals surface area contributed by atoms with Gasteiger partial charge >= 0.3 is 0 Å². The number of carbonyl (C=O) groups excluding carboxylic acids is 2. The van der Waals surface area contributed by atoms with E-state index < -0.39 is 0 Å². The molecule has 1 fully saturated rings. The first-order valence-electron chi connectivity index (χ1n) is 7.97. The number of nitrogens with zero attached hydrogens (tertiary/aromatic N) is 2. The summed E-state index contributed by atoms with van der Waals surface area (Å²) in [6.45, 7) is 5.98. The van der Waals surface area contributed by atoms with Crippen molar-refractivity contribution < 1.29 is 9.59 Å². The molecule has 2 amide bonds. The van der Waals surface area contributed by atoms with E-state index in [1.54, 1.807) is 6.08 Å². The van der Waals surface area contributed by atoms with E-state index in [2.05, 4.69) is 10.5 Å². The summed E-state index contributed by atoms with van der Waals surface area (Å²) in [5.74, 6) is 1.99. The summed E-state index contributed by atoms with van der Waals surface area (Å²) >= 11 is 7.08. The van der Waals surface area contributed by atoms with Crippen molar-refractivity contribution in [2.75, 3.05) is 6.54 Å².